The normalized spacial score (nSPS) is 20.0. The minimum absolute atomic E-state index is 0.0932. The van der Waals surface area contributed by atoms with Gasteiger partial charge < -0.3 is 9.32 Å². The molecular weight excluding hydrogens is 391 g/mol. The van der Waals surface area contributed by atoms with Crippen LogP contribution in [0.5, 0.6) is 0 Å². The molecule has 0 bridgehead atoms. The third-order valence-electron chi connectivity index (χ3n) is 5.13. The van der Waals surface area contributed by atoms with Gasteiger partial charge in [0.25, 0.3) is 0 Å². The lowest BCUT2D eigenvalue weighted by Gasteiger charge is -2.34. The van der Waals surface area contributed by atoms with Crippen molar-refractivity contribution in [2.75, 3.05) is 18.0 Å². The molecule has 2 heterocycles. The predicted molar refractivity (Wildman–Crippen MR) is 109 cm³/mol. The number of halogens is 1. The molecule has 5 nitrogen and oxygen atoms in total. The summed E-state index contributed by atoms with van der Waals surface area (Å²) in [5.41, 5.74) is 0.528. The lowest BCUT2D eigenvalue weighted by molar-refractivity contribution is 0.342. The largest absolute Gasteiger partial charge is 0.419 e. The van der Waals surface area contributed by atoms with E-state index in [9.17, 15) is 12.8 Å². The van der Waals surface area contributed by atoms with E-state index in [-0.39, 0.29) is 27.5 Å². The van der Waals surface area contributed by atoms with Crippen molar-refractivity contribution >= 4 is 15.7 Å². The summed E-state index contributed by atoms with van der Waals surface area (Å²) in [6.45, 7) is 5.68. The number of sulfone groups is 1. The van der Waals surface area contributed by atoms with Crippen molar-refractivity contribution < 1.29 is 17.2 Å². The van der Waals surface area contributed by atoms with Gasteiger partial charge in [0.1, 0.15) is 5.82 Å². The summed E-state index contributed by atoms with van der Waals surface area (Å²) in [6.07, 6.45) is 1.08. The van der Waals surface area contributed by atoms with Crippen molar-refractivity contribution in [1.82, 2.24) is 4.98 Å². The summed E-state index contributed by atoms with van der Waals surface area (Å²) >= 11 is 0. The Morgan fingerprint density at radius 2 is 1.62 bits per heavy atom. The zero-order chi connectivity index (χ0) is 20.6. The molecule has 0 aliphatic carbocycles. The first-order valence-corrected chi connectivity index (χ1v) is 11.1. The van der Waals surface area contributed by atoms with Crippen LogP contribution in [-0.2, 0) is 9.84 Å². The predicted octanol–water partition coefficient (Wildman–Crippen LogP) is 4.80. The summed E-state index contributed by atoms with van der Waals surface area (Å²) in [6, 6.07) is 13.9. The van der Waals surface area contributed by atoms with Crippen LogP contribution >= 0.6 is 0 Å². The number of aromatic nitrogens is 1. The van der Waals surface area contributed by atoms with Crippen LogP contribution in [-0.4, -0.2) is 26.5 Å². The number of benzene rings is 2. The standard InChI is InChI=1S/C22H23FN2O3S/c1-15-12-16(2)14-25(13-15)22-21(29(26,27)19-6-4-3-5-7-19)24-20(28-22)17-8-10-18(23)11-9-17/h3-11,15-16H,12-14H2,1-2H3. The second-order valence-electron chi connectivity index (χ2n) is 7.80. The lowest BCUT2D eigenvalue weighted by atomic mass is 9.92. The molecule has 3 aromatic rings. The summed E-state index contributed by atoms with van der Waals surface area (Å²) in [4.78, 5) is 6.50. The van der Waals surface area contributed by atoms with Crippen molar-refractivity contribution in [2.24, 2.45) is 11.8 Å². The fourth-order valence-corrected chi connectivity index (χ4v) is 5.27. The van der Waals surface area contributed by atoms with Crippen LogP contribution in [0.1, 0.15) is 20.3 Å². The fourth-order valence-electron chi connectivity index (χ4n) is 3.93. The van der Waals surface area contributed by atoms with Crippen LogP contribution in [0.3, 0.4) is 0 Å². The van der Waals surface area contributed by atoms with Gasteiger partial charge in [-0.25, -0.2) is 12.8 Å². The van der Waals surface area contributed by atoms with Crippen molar-refractivity contribution in [3.63, 3.8) is 0 Å². The van der Waals surface area contributed by atoms with Gasteiger partial charge in [0.05, 0.1) is 4.90 Å². The minimum atomic E-state index is -3.87. The number of nitrogens with zero attached hydrogens (tertiary/aromatic N) is 2. The molecule has 0 amide bonds. The summed E-state index contributed by atoms with van der Waals surface area (Å²) in [5.74, 6) is 0.860. The van der Waals surface area contributed by atoms with E-state index in [0.29, 0.717) is 30.5 Å². The summed E-state index contributed by atoms with van der Waals surface area (Å²) in [5, 5.41) is -0.0932. The average Bonchev–Trinajstić information content (AvgIpc) is 3.15. The Labute approximate surface area is 170 Å². The van der Waals surface area contributed by atoms with Gasteiger partial charge in [0, 0.05) is 18.7 Å². The molecule has 0 spiro atoms. The molecule has 1 aliphatic heterocycles. The molecule has 2 aromatic carbocycles. The zero-order valence-electron chi connectivity index (χ0n) is 16.4. The highest BCUT2D eigenvalue weighted by molar-refractivity contribution is 7.91. The van der Waals surface area contributed by atoms with Crippen molar-refractivity contribution in [1.29, 1.82) is 0 Å². The third-order valence-corrected chi connectivity index (χ3v) is 6.80. The maximum absolute atomic E-state index is 13.3. The maximum atomic E-state index is 13.3. The first-order chi connectivity index (χ1) is 13.8. The molecule has 2 unspecified atom stereocenters. The van der Waals surface area contributed by atoms with Gasteiger partial charge in [0.15, 0.2) is 0 Å². The Morgan fingerprint density at radius 3 is 2.24 bits per heavy atom. The Bertz CT molecular complexity index is 1080. The van der Waals surface area contributed by atoms with Crippen LogP contribution in [0.15, 0.2) is 68.9 Å². The number of hydrogen-bond acceptors (Lipinski definition) is 5. The van der Waals surface area contributed by atoms with E-state index in [0.717, 1.165) is 6.42 Å². The van der Waals surface area contributed by atoms with E-state index in [4.69, 9.17) is 4.42 Å². The topological polar surface area (TPSA) is 63.4 Å². The highest BCUT2D eigenvalue weighted by Crippen LogP contribution is 2.37. The Hall–Kier alpha value is -2.67. The van der Waals surface area contributed by atoms with Crippen LogP contribution in [0, 0.1) is 17.7 Å². The van der Waals surface area contributed by atoms with Gasteiger partial charge in [0.2, 0.25) is 26.6 Å². The molecule has 1 aromatic heterocycles. The molecule has 1 aliphatic rings. The molecule has 0 radical (unpaired) electrons. The Balaban J connectivity index is 1.85. The van der Waals surface area contributed by atoms with Gasteiger partial charge in [-0.1, -0.05) is 32.0 Å². The van der Waals surface area contributed by atoms with Gasteiger partial charge in [-0.3, -0.25) is 0 Å². The average molecular weight is 415 g/mol. The number of piperidine rings is 1. The molecule has 152 valence electrons. The van der Waals surface area contributed by atoms with Crippen molar-refractivity contribution in [3.05, 3.63) is 60.4 Å². The van der Waals surface area contributed by atoms with Crippen LogP contribution < -0.4 is 4.90 Å². The van der Waals surface area contributed by atoms with E-state index in [1.807, 2.05) is 4.90 Å². The number of anilines is 1. The van der Waals surface area contributed by atoms with E-state index >= 15 is 0 Å². The third kappa shape index (κ3) is 3.92. The quantitative estimate of drug-likeness (QED) is 0.614. The van der Waals surface area contributed by atoms with Crippen LogP contribution in [0.25, 0.3) is 11.5 Å². The molecular formula is C22H23FN2O3S. The molecule has 0 N–H and O–H groups in total. The highest BCUT2D eigenvalue weighted by Gasteiger charge is 2.34. The minimum Gasteiger partial charge on any atom is -0.419 e. The molecule has 1 saturated heterocycles. The molecule has 29 heavy (non-hydrogen) atoms. The molecule has 7 heteroatoms. The first kappa shape index (κ1) is 19.6. The summed E-state index contributed by atoms with van der Waals surface area (Å²) in [7, 11) is -3.87. The van der Waals surface area contributed by atoms with Crippen LogP contribution in [0.4, 0.5) is 10.3 Å². The van der Waals surface area contributed by atoms with E-state index < -0.39 is 9.84 Å². The molecule has 4 rings (SSSR count). The van der Waals surface area contributed by atoms with Gasteiger partial charge in [-0.05, 0) is 54.7 Å². The lowest BCUT2D eigenvalue weighted by Crippen LogP contribution is -2.39. The first-order valence-electron chi connectivity index (χ1n) is 9.66. The van der Waals surface area contributed by atoms with Gasteiger partial charge in [-0.15, -0.1) is 0 Å². The molecule has 0 saturated carbocycles. The van der Waals surface area contributed by atoms with Gasteiger partial charge >= 0.3 is 0 Å². The zero-order valence-corrected chi connectivity index (χ0v) is 17.2. The van der Waals surface area contributed by atoms with Crippen molar-refractivity contribution in [2.45, 2.75) is 30.2 Å². The Kier molecular flexibility index (Phi) is 5.17. The van der Waals surface area contributed by atoms with E-state index in [1.54, 1.807) is 30.3 Å². The summed E-state index contributed by atoms with van der Waals surface area (Å²) < 4.78 is 46.0. The monoisotopic (exact) mass is 414 g/mol. The van der Waals surface area contributed by atoms with Crippen LogP contribution in [0.2, 0.25) is 0 Å². The molecule has 2 atom stereocenters. The Morgan fingerprint density at radius 1 is 1.00 bits per heavy atom. The second-order valence-corrected chi connectivity index (χ2v) is 9.67. The van der Waals surface area contributed by atoms with Crippen molar-refractivity contribution in [3.8, 4) is 11.5 Å². The van der Waals surface area contributed by atoms with Gasteiger partial charge in [-0.2, -0.15) is 4.98 Å². The maximum Gasteiger partial charge on any atom is 0.236 e. The second kappa shape index (κ2) is 7.63. The van der Waals surface area contributed by atoms with E-state index in [2.05, 4.69) is 18.8 Å². The fraction of sp³-hybridized carbons (Fsp3) is 0.318. The van der Waals surface area contributed by atoms with E-state index in [1.165, 1.54) is 24.3 Å². The number of rotatable bonds is 4. The SMILES string of the molecule is CC1CC(C)CN(c2oc(-c3ccc(F)cc3)nc2S(=O)(=O)c2ccccc2)C1. The number of hydrogen-bond donors (Lipinski definition) is 0. The number of oxazole rings is 1. The highest BCUT2D eigenvalue weighted by atomic mass is 32.2. The molecule has 1 fully saturated rings. The smallest absolute Gasteiger partial charge is 0.236 e.